The van der Waals surface area contributed by atoms with Gasteiger partial charge < -0.3 is 10.3 Å². The van der Waals surface area contributed by atoms with Crippen LogP contribution in [0.4, 0.5) is 5.82 Å². The van der Waals surface area contributed by atoms with Crippen LogP contribution in [-0.2, 0) is 14.1 Å². The van der Waals surface area contributed by atoms with Crippen molar-refractivity contribution in [1.29, 1.82) is 0 Å². The lowest BCUT2D eigenvalue weighted by Gasteiger charge is -2.08. The summed E-state index contributed by atoms with van der Waals surface area (Å²) in [6, 6.07) is 9.39. The highest BCUT2D eigenvalue weighted by Crippen LogP contribution is 2.29. The van der Waals surface area contributed by atoms with E-state index >= 15 is 0 Å². The average Bonchev–Trinajstić information content (AvgIpc) is 3.04. The van der Waals surface area contributed by atoms with E-state index in [4.69, 9.17) is 5.73 Å². The fraction of sp³-hybridized carbons (Fsp3) is 0.111. The fourth-order valence-corrected chi connectivity index (χ4v) is 2.83. The summed E-state index contributed by atoms with van der Waals surface area (Å²) < 4.78 is 3.26. The second-order valence-electron chi connectivity index (χ2n) is 5.90. The van der Waals surface area contributed by atoms with E-state index in [9.17, 15) is 4.79 Å². The monoisotopic (exact) mass is 332 g/mol. The lowest BCUT2D eigenvalue weighted by atomic mass is 10.0. The van der Waals surface area contributed by atoms with E-state index in [1.807, 2.05) is 43.6 Å². The molecule has 1 aromatic carbocycles. The van der Waals surface area contributed by atoms with Crippen molar-refractivity contribution >= 4 is 16.6 Å². The zero-order valence-corrected chi connectivity index (χ0v) is 13.8. The Morgan fingerprint density at radius 2 is 1.88 bits per heavy atom. The molecule has 0 saturated carbocycles. The van der Waals surface area contributed by atoms with Crippen molar-refractivity contribution in [3.8, 4) is 22.6 Å². The summed E-state index contributed by atoms with van der Waals surface area (Å²) in [7, 11) is 3.58. The first-order valence-corrected chi connectivity index (χ1v) is 7.75. The number of rotatable bonds is 2. The third-order valence-electron chi connectivity index (χ3n) is 4.10. The quantitative estimate of drug-likeness (QED) is 0.606. The van der Waals surface area contributed by atoms with Gasteiger partial charge in [0.25, 0.3) is 5.56 Å². The topological polar surface area (TPSA) is 91.6 Å². The molecule has 4 aromatic rings. The maximum Gasteiger partial charge on any atom is 0.258 e. The molecule has 0 radical (unpaired) electrons. The van der Waals surface area contributed by atoms with Gasteiger partial charge in [-0.1, -0.05) is 6.07 Å². The number of benzene rings is 1. The first-order valence-electron chi connectivity index (χ1n) is 7.75. The first-order chi connectivity index (χ1) is 12.0. The van der Waals surface area contributed by atoms with E-state index < -0.39 is 0 Å². The molecule has 0 unspecified atom stereocenters. The van der Waals surface area contributed by atoms with Crippen molar-refractivity contribution in [1.82, 2.24) is 24.3 Å². The number of fused-ring (bicyclic) bond motifs is 1. The summed E-state index contributed by atoms with van der Waals surface area (Å²) in [5.74, 6) is 0.332. The van der Waals surface area contributed by atoms with Gasteiger partial charge in [0.05, 0.1) is 11.9 Å². The van der Waals surface area contributed by atoms with Gasteiger partial charge in [0, 0.05) is 37.4 Å². The van der Waals surface area contributed by atoms with Crippen LogP contribution < -0.4 is 11.3 Å². The molecular weight excluding hydrogens is 316 g/mol. The number of aromatic nitrogens is 5. The lowest BCUT2D eigenvalue weighted by molar-refractivity contribution is 0.770. The molecular formula is C18H16N6O. The number of hydrogen-bond donors (Lipinski definition) is 1. The highest BCUT2D eigenvalue weighted by atomic mass is 16.1. The maximum absolute atomic E-state index is 12.2. The zero-order valence-electron chi connectivity index (χ0n) is 13.8. The van der Waals surface area contributed by atoms with E-state index in [1.165, 1.54) is 6.20 Å². The Bertz CT molecular complexity index is 1160. The van der Waals surface area contributed by atoms with Crippen LogP contribution in [0.3, 0.4) is 0 Å². The average molecular weight is 332 g/mol. The summed E-state index contributed by atoms with van der Waals surface area (Å²) in [5.41, 5.74) is 8.64. The number of hydrogen-bond acceptors (Lipinski definition) is 5. The zero-order chi connectivity index (χ0) is 17.6. The third-order valence-corrected chi connectivity index (χ3v) is 4.10. The van der Waals surface area contributed by atoms with E-state index in [1.54, 1.807) is 22.5 Å². The van der Waals surface area contributed by atoms with Gasteiger partial charge in [-0.2, -0.15) is 5.10 Å². The highest BCUT2D eigenvalue weighted by molar-refractivity contribution is 5.88. The van der Waals surface area contributed by atoms with Crippen molar-refractivity contribution in [2.24, 2.45) is 14.1 Å². The van der Waals surface area contributed by atoms with Gasteiger partial charge >= 0.3 is 0 Å². The van der Waals surface area contributed by atoms with Gasteiger partial charge in [-0.25, -0.2) is 4.98 Å². The summed E-state index contributed by atoms with van der Waals surface area (Å²) in [4.78, 5) is 21.1. The summed E-state index contributed by atoms with van der Waals surface area (Å²) in [6.45, 7) is 0. The molecule has 25 heavy (non-hydrogen) atoms. The molecule has 0 aliphatic rings. The molecule has 0 aliphatic carbocycles. The van der Waals surface area contributed by atoms with Crippen LogP contribution >= 0.6 is 0 Å². The van der Waals surface area contributed by atoms with E-state index in [0.29, 0.717) is 28.3 Å². The van der Waals surface area contributed by atoms with Crippen molar-refractivity contribution in [3.05, 3.63) is 59.3 Å². The molecule has 7 heteroatoms. The summed E-state index contributed by atoms with van der Waals surface area (Å²) in [6.07, 6.45) is 5.12. The van der Waals surface area contributed by atoms with Crippen LogP contribution in [0.15, 0.2) is 53.7 Å². The maximum atomic E-state index is 12.2. The second-order valence-corrected chi connectivity index (χ2v) is 5.90. The van der Waals surface area contributed by atoms with Crippen LogP contribution in [0.5, 0.6) is 0 Å². The molecule has 3 aromatic heterocycles. The Hall–Kier alpha value is -3.48. The van der Waals surface area contributed by atoms with Gasteiger partial charge in [0.2, 0.25) is 0 Å². The van der Waals surface area contributed by atoms with Crippen molar-refractivity contribution in [2.75, 3.05) is 5.73 Å². The minimum Gasteiger partial charge on any atom is -0.382 e. The standard InChI is InChI=1S/C18H16N6O/c1-23-7-5-11-9-12(3-4-13(11)18(23)25)16-17(21-15(19)10-20-16)14-6-8-24(2)22-14/h3-10H,1-2H3,(H2,19,21). The highest BCUT2D eigenvalue weighted by Gasteiger charge is 2.14. The van der Waals surface area contributed by atoms with E-state index in [0.717, 1.165) is 10.9 Å². The number of aryl methyl sites for hydroxylation is 2. The van der Waals surface area contributed by atoms with Crippen molar-refractivity contribution in [3.63, 3.8) is 0 Å². The smallest absolute Gasteiger partial charge is 0.258 e. The largest absolute Gasteiger partial charge is 0.382 e. The molecule has 0 fully saturated rings. The Morgan fingerprint density at radius 1 is 1.04 bits per heavy atom. The molecule has 124 valence electrons. The minimum atomic E-state index is -0.0302. The van der Waals surface area contributed by atoms with Crippen molar-refractivity contribution in [2.45, 2.75) is 0 Å². The number of pyridine rings is 1. The van der Waals surface area contributed by atoms with Crippen LogP contribution in [0.1, 0.15) is 0 Å². The van der Waals surface area contributed by atoms with E-state index in [2.05, 4.69) is 15.1 Å². The summed E-state index contributed by atoms with van der Waals surface area (Å²) in [5, 5.41) is 5.92. The summed E-state index contributed by atoms with van der Waals surface area (Å²) >= 11 is 0. The molecule has 0 spiro atoms. The van der Waals surface area contributed by atoms with Crippen LogP contribution in [0.25, 0.3) is 33.4 Å². The number of anilines is 1. The van der Waals surface area contributed by atoms with Crippen LogP contribution in [-0.4, -0.2) is 24.3 Å². The van der Waals surface area contributed by atoms with E-state index in [-0.39, 0.29) is 5.56 Å². The predicted octanol–water partition coefficient (Wildman–Crippen LogP) is 1.98. The fourth-order valence-electron chi connectivity index (χ4n) is 2.83. The van der Waals surface area contributed by atoms with Gasteiger partial charge in [0.15, 0.2) is 0 Å². The Labute approximate surface area is 143 Å². The molecule has 0 bridgehead atoms. The third kappa shape index (κ3) is 2.55. The SMILES string of the molecule is Cn1ccc(-c2nc(N)cnc2-c2ccc3c(=O)n(C)ccc3c2)n1. The number of nitrogens with zero attached hydrogens (tertiary/aromatic N) is 5. The molecule has 0 amide bonds. The molecule has 0 atom stereocenters. The molecule has 3 heterocycles. The minimum absolute atomic E-state index is 0.0302. The normalized spacial score (nSPS) is 11.1. The second kappa shape index (κ2) is 5.55. The van der Waals surface area contributed by atoms with Crippen molar-refractivity contribution < 1.29 is 0 Å². The molecule has 0 aliphatic heterocycles. The Morgan fingerprint density at radius 3 is 2.64 bits per heavy atom. The first kappa shape index (κ1) is 15.1. The lowest BCUT2D eigenvalue weighted by Crippen LogP contribution is -2.15. The van der Waals surface area contributed by atoms with Gasteiger partial charge in [-0.15, -0.1) is 0 Å². The Balaban J connectivity index is 1.94. The van der Waals surface area contributed by atoms with Gasteiger partial charge in [-0.05, 0) is 29.7 Å². The van der Waals surface area contributed by atoms with Gasteiger partial charge in [0.1, 0.15) is 17.2 Å². The van der Waals surface area contributed by atoms with Gasteiger partial charge in [-0.3, -0.25) is 14.5 Å². The van der Waals surface area contributed by atoms with Crippen LogP contribution in [0.2, 0.25) is 0 Å². The molecule has 0 saturated heterocycles. The molecule has 2 N–H and O–H groups in total. The van der Waals surface area contributed by atoms with Crippen LogP contribution in [0, 0.1) is 0 Å². The Kier molecular flexibility index (Phi) is 3.35. The molecule has 4 rings (SSSR count). The number of nitrogens with two attached hydrogens (primary N) is 1. The predicted molar refractivity (Wildman–Crippen MR) is 96.8 cm³/mol. The molecule has 7 nitrogen and oxygen atoms in total. The number of nitrogen functional groups attached to an aromatic ring is 1.